The quantitative estimate of drug-likeness (QED) is 0.181. The second kappa shape index (κ2) is 19.9. The smallest absolute Gasteiger partial charge is 0.354 e. The first kappa shape index (κ1) is 36.0. The van der Waals surface area contributed by atoms with Gasteiger partial charge in [0.2, 0.25) is 5.91 Å². The summed E-state index contributed by atoms with van der Waals surface area (Å²) in [6.07, 6.45) is 4.72. The van der Waals surface area contributed by atoms with Gasteiger partial charge >= 0.3 is 5.97 Å². The lowest BCUT2D eigenvalue weighted by Gasteiger charge is -2.15. The Labute approximate surface area is 227 Å². The third-order valence-corrected chi connectivity index (χ3v) is 3.80. The predicted molar refractivity (Wildman–Crippen MR) is 153 cm³/mol. The van der Waals surface area contributed by atoms with Crippen molar-refractivity contribution in [2.75, 3.05) is 11.9 Å². The number of hydrogen-bond donors (Lipinski definition) is 3. The van der Waals surface area contributed by atoms with Crippen LogP contribution in [0.25, 0.3) is 0 Å². The fourth-order valence-corrected chi connectivity index (χ4v) is 2.36. The van der Waals surface area contributed by atoms with E-state index in [2.05, 4.69) is 33.1 Å². The number of amides is 2. The van der Waals surface area contributed by atoms with E-state index in [-0.39, 0.29) is 29.1 Å². The van der Waals surface area contributed by atoms with Gasteiger partial charge in [-0.1, -0.05) is 71.8 Å². The van der Waals surface area contributed by atoms with Crippen molar-refractivity contribution in [1.82, 2.24) is 10.3 Å². The molecule has 0 aliphatic heterocycles. The van der Waals surface area contributed by atoms with Gasteiger partial charge in [0.15, 0.2) is 0 Å². The molecule has 9 heteroatoms. The average molecular weight is 527 g/mol. The number of carbonyl (C=O) groups is 3. The van der Waals surface area contributed by atoms with Gasteiger partial charge in [0.1, 0.15) is 23.8 Å². The number of carboxylic acid groups (broad SMARTS) is 1. The van der Waals surface area contributed by atoms with E-state index in [1.165, 1.54) is 18.2 Å². The van der Waals surface area contributed by atoms with Crippen LogP contribution in [0.4, 0.5) is 5.69 Å². The van der Waals surface area contributed by atoms with Crippen LogP contribution in [-0.2, 0) is 16.1 Å². The van der Waals surface area contributed by atoms with Crippen LogP contribution in [0, 0.1) is 17.8 Å². The van der Waals surface area contributed by atoms with Crippen LogP contribution in [0.5, 0.6) is 0 Å². The Morgan fingerprint density at radius 1 is 1.03 bits per heavy atom. The monoisotopic (exact) mass is 526 g/mol. The third kappa shape index (κ3) is 16.5. The molecule has 1 aromatic heterocycles. The molecule has 2 amide bonds. The highest BCUT2D eigenvalue weighted by molar-refractivity contribution is 6.03. The molecule has 0 bridgehead atoms. The Hall–Kier alpha value is -4.19. The van der Waals surface area contributed by atoms with Crippen molar-refractivity contribution in [3.63, 3.8) is 0 Å². The van der Waals surface area contributed by atoms with Crippen molar-refractivity contribution in [3.05, 3.63) is 59.4 Å². The zero-order valence-corrected chi connectivity index (χ0v) is 24.0. The number of terminal acetylenes is 1. The summed E-state index contributed by atoms with van der Waals surface area (Å²) in [5, 5.41) is 18.1. The van der Waals surface area contributed by atoms with Crippen LogP contribution in [-0.4, -0.2) is 40.3 Å². The molecule has 208 valence electrons. The number of anilines is 1. The number of carboxylic acids is 1. The van der Waals surface area contributed by atoms with Crippen LogP contribution < -0.4 is 10.6 Å². The maximum absolute atomic E-state index is 12.3. The van der Waals surface area contributed by atoms with Gasteiger partial charge in [-0.25, -0.2) is 9.78 Å². The molecule has 0 spiro atoms. The summed E-state index contributed by atoms with van der Waals surface area (Å²) in [5.74, 6) is 0.635. The fourth-order valence-electron chi connectivity index (χ4n) is 2.36. The summed E-state index contributed by atoms with van der Waals surface area (Å²) < 4.78 is 0. The number of carbonyl (C=O) groups excluding carboxylic acids is 2. The molecule has 0 atom stereocenters. The number of amidine groups is 1. The highest BCUT2D eigenvalue weighted by atomic mass is 16.6. The molecule has 0 saturated carbocycles. The normalized spacial score (nSPS) is 9.95. The summed E-state index contributed by atoms with van der Waals surface area (Å²) in [5.41, 5.74) is 0.985. The van der Waals surface area contributed by atoms with E-state index in [0.29, 0.717) is 18.1 Å². The van der Waals surface area contributed by atoms with Crippen LogP contribution >= 0.6 is 0 Å². The number of rotatable bonds is 7. The second-order valence-electron chi connectivity index (χ2n) is 8.39. The van der Waals surface area contributed by atoms with Gasteiger partial charge in [-0.15, -0.1) is 12.3 Å². The SMILES string of the molecule is C#CC.C/C(=N\OCC(C)(C)C)NC(=O)Cc1ccc(NC(=O)c2cccc(C(=O)O)n2)cc1.CC.CC. The van der Waals surface area contributed by atoms with E-state index in [4.69, 9.17) is 9.94 Å². The first-order valence-corrected chi connectivity index (χ1v) is 12.4. The molecule has 0 saturated heterocycles. The van der Waals surface area contributed by atoms with E-state index >= 15 is 0 Å². The minimum absolute atomic E-state index is 0.00760. The summed E-state index contributed by atoms with van der Waals surface area (Å²) >= 11 is 0. The molecule has 3 N–H and O–H groups in total. The van der Waals surface area contributed by atoms with E-state index in [1.807, 2.05) is 48.5 Å². The average Bonchev–Trinajstić information content (AvgIpc) is 2.87. The molecular weight excluding hydrogens is 484 g/mol. The Morgan fingerprint density at radius 2 is 1.55 bits per heavy atom. The highest BCUT2D eigenvalue weighted by Gasteiger charge is 2.13. The largest absolute Gasteiger partial charge is 0.477 e. The molecule has 1 aromatic carbocycles. The number of nitrogens with zero attached hydrogens (tertiary/aromatic N) is 2. The van der Waals surface area contributed by atoms with Gasteiger partial charge in [-0.05, 0) is 49.1 Å². The molecule has 0 unspecified atom stereocenters. The van der Waals surface area contributed by atoms with Gasteiger partial charge in [-0.2, -0.15) is 0 Å². The van der Waals surface area contributed by atoms with Crippen molar-refractivity contribution < 1.29 is 24.3 Å². The topological polar surface area (TPSA) is 130 Å². The van der Waals surface area contributed by atoms with Crippen molar-refractivity contribution >= 4 is 29.3 Å². The van der Waals surface area contributed by atoms with Gasteiger partial charge in [0.05, 0.1) is 6.42 Å². The Kier molecular flexibility index (Phi) is 18.9. The first-order chi connectivity index (χ1) is 17.9. The molecular formula is C29H42N4O5. The number of aromatic carboxylic acids is 1. The van der Waals surface area contributed by atoms with Gasteiger partial charge < -0.3 is 20.6 Å². The standard InChI is InChI=1S/C22H26N4O5.C3H4.2C2H6/c1-14(26-31-13-22(2,3)4)23-19(27)12-15-8-10-16(11-9-15)24-20(28)17-6-5-7-18(25-17)21(29)30;1-3-2;2*1-2/h5-11H,12-13H2,1-4H3,(H,24,28)(H,29,30)(H,23,26,27);1H,2H3;2*1-2H3. The highest BCUT2D eigenvalue weighted by Crippen LogP contribution is 2.13. The lowest BCUT2D eigenvalue weighted by molar-refractivity contribution is -0.119. The van der Waals surface area contributed by atoms with Gasteiger partial charge in [0, 0.05) is 5.69 Å². The van der Waals surface area contributed by atoms with Crippen molar-refractivity contribution in [3.8, 4) is 12.3 Å². The fraction of sp³-hybridized carbons (Fsp3) is 0.414. The van der Waals surface area contributed by atoms with Gasteiger partial charge in [0.25, 0.3) is 5.91 Å². The van der Waals surface area contributed by atoms with Crippen LogP contribution in [0.15, 0.2) is 47.6 Å². The number of nitrogens with one attached hydrogen (secondary N) is 2. The number of pyridine rings is 1. The predicted octanol–water partition coefficient (Wildman–Crippen LogP) is 5.78. The van der Waals surface area contributed by atoms with Crippen molar-refractivity contribution in [1.29, 1.82) is 0 Å². The van der Waals surface area contributed by atoms with E-state index in [1.54, 1.807) is 38.1 Å². The Morgan fingerprint density at radius 3 is 2.05 bits per heavy atom. The summed E-state index contributed by atoms with van der Waals surface area (Å²) in [7, 11) is 0. The maximum atomic E-state index is 12.3. The molecule has 0 fully saturated rings. The van der Waals surface area contributed by atoms with E-state index in [9.17, 15) is 14.4 Å². The van der Waals surface area contributed by atoms with E-state index < -0.39 is 11.9 Å². The molecule has 2 aromatic rings. The molecule has 38 heavy (non-hydrogen) atoms. The molecule has 0 radical (unpaired) electrons. The van der Waals surface area contributed by atoms with Crippen molar-refractivity contribution in [2.45, 2.75) is 68.7 Å². The Balaban J connectivity index is 0. The molecule has 0 aliphatic carbocycles. The molecule has 1 heterocycles. The summed E-state index contributed by atoms with van der Waals surface area (Å²) in [6, 6.07) is 10.9. The minimum Gasteiger partial charge on any atom is -0.477 e. The lowest BCUT2D eigenvalue weighted by Crippen LogP contribution is -2.30. The zero-order chi connectivity index (χ0) is 29.7. The lowest BCUT2D eigenvalue weighted by atomic mass is 9.99. The third-order valence-electron chi connectivity index (χ3n) is 3.80. The number of hydrogen-bond acceptors (Lipinski definition) is 6. The van der Waals surface area contributed by atoms with Gasteiger partial charge in [-0.3, -0.25) is 9.59 Å². The number of benzene rings is 1. The first-order valence-electron chi connectivity index (χ1n) is 12.4. The number of oxime groups is 1. The minimum atomic E-state index is -1.21. The Bertz CT molecular complexity index is 1070. The van der Waals surface area contributed by atoms with Crippen molar-refractivity contribution in [2.24, 2.45) is 10.6 Å². The maximum Gasteiger partial charge on any atom is 0.354 e. The second-order valence-corrected chi connectivity index (χ2v) is 8.39. The van der Waals surface area contributed by atoms with E-state index in [0.717, 1.165) is 5.56 Å². The zero-order valence-electron chi connectivity index (χ0n) is 24.0. The molecule has 9 nitrogen and oxygen atoms in total. The van der Waals surface area contributed by atoms with Crippen LogP contribution in [0.3, 0.4) is 0 Å². The summed E-state index contributed by atoms with van der Waals surface area (Å²) in [6.45, 7) is 17.8. The van der Waals surface area contributed by atoms with Crippen LogP contribution in [0.2, 0.25) is 0 Å². The van der Waals surface area contributed by atoms with Crippen LogP contribution in [0.1, 0.15) is 88.9 Å². The molecule has 0 aliphatic rings. The summed E-state index contributed by atoms with van der Waals surface area (Å²) in [4.78, 5) is 44.4. The molecule has 2 rings (SSSR count). The number of aromatic nitrogens is 1.